The third kappa shape index (κ3) is 3.42. The van der Waals surface area contributed by atoms with Gasteiger partial charge in [0.1, 0.15) is 0 Å². The van der Waals surface area contributed by atoms with Crippen molar-refractivity contribution in [1.29, 1.82) is 0 Å². The minimum absolute atomic E-state index is 0.105. The Labute approximate surface area is 155 Å². The van der Waals surface area contributed by atoms with E-state index >= 15 is 0 Å². The predicted molar refractivity (Wildman–Crippen MR) is 103 cm³/mol. The maximum absolute atomic E-state index is 12.9. The van der Waals surface area contributed by atoms with E-state index in [-0.39, 0.29) is 12.1 Å². The van der Waals surface area contributed by atoms with Crippen LogP contribution in [-0.2, 0) is 13.1 Å². The lowest BCUT2D eigenvalue weighted by molar-refractivity contribution is 0.668. The molecular formula is C21H18N4O2. The Hall–Kier alpha value is -3.54. The molecule has 0 atom stereocenters. The minimum Gasteiger partial charge on any atom is -0.328 e. The number of fused-ring (bicyclic) bond motifs is 1. The second-order valence-corrected chi connectivity index (χ2v) is 6.47. The van der Waals surface area contributed by atoms with E-state index in [1.807, 2.05) is 48.0 Å². The highest BCUT2D eigenvalue weighted by Gasteiger charge is 2.17. The first-order chi connectivity index (χ1) is 13.1. The summed E-state index contributed by atoms with van der Waals surface area (Å²) < 4.78 is 2.95. The molecule has 2 aliphatic heterocycles. The fourth-order valence-corrected chi connectivity index (χ4v) is 3.03. The predicted octanol–water partition coefficient (Wildman–Crippen LogP) is 2.31. The Bertz CT molecular complexity index is 1160. The maximum atomic E-state index is 12.9. The molecule has 27 heavy (non-hydrogen) atoms. The first kappa shape index (κ1) is 16.9. The second-order valence-electron chi connectivity index (χ2n) is 6.47. The van der Waals surface area contributed by atoms with Gasteiger partial charge in [0.15, 0.2) is 5.82 Å². The number of pyridine rings is 2. The molecule has 1 aromatic carbocycles. The number of aryl methyl sites for hydroxylation is 1. The molecule has 134 valence electrons. The van der Waals surface area contributed by atoms with Crippen LogP contribution in [0.2, 0.25) is 0 Å². The van der Waals surface area contributed by atoms with Crippen LogP contribution in [0.1, 0.15) is 16.8 Å². The molecule has 0 aliphatic carbocycles. The SMILES string of the molecule is Cc1ccc(Cn2cccc3c(=O)n(Cc4ccccn4)c(=O)nc2-3)cc1. The van der Waals surface area contributed by atoms with Crippen molar-refractivity contribution in [2.75, 3.05) is 0 Å². The molecule has 0 spiro atoms. The van der Waals surface area contributed by atoms with Gasteiger partial charge < -0.3 is 4.57 Å². The quantitative estimate of drug-likeness (QED) is 0.561. The molecule has 0 N–H and O–H groups in total. The normalized spacial score (nSPS) is 11.0. The van der Waals surface area contributed by atoms with Crippen molar-refractivity contribution in [2.45, 2.75) is 20.0 Å². The molecule has 0 bridgehead atoms. The summed E-state index contributed by atoms with van der Waals surface area (Å²) in [4.78, 5) is 33.8. The van der Waals surface area contributed by atoms with Gasteiger partial charge in [0.25, 0.3) is 5.56 Å². The summed E-state index contributed by atoms with van der Waals surface area (Å²) in [6, 6.07) is 17.0. The van der Waals surface area contributed by atoms with Crippen LogP contribution in [0, 0.1) is 6.92 Å². The highest BCUT2D eigenvalue weighted by atomic mass is 16.2. The summed E-state index contributed by atoms with van der Waals surface area (Å²) in [6.07, 6.45) is 3.46. The number of rotatable bonds is 4. The fraction of sp³-hybridized carbons (Fsp3) is 0.143. The molecule has 6 heteroatoms. The van der Waals surface area contributed by atoms with Crippen molar-refractivity contribution in [1.82, 2.24) is 19.1 Å². The average Bonchev–Trinajstić information content (AvgIpc) is 2.68. The Morgan fingerprint density at radius 3 is 2.48 bits per heavy atom. The summed E-state index contributed by atoms with van der Waals surface area (Å²) >= 11 is 0. The van der Waals surface area contributed by atoms with E-state index in [9.17, 15) is 9.59 Å². The molecule has 0 fully saturated rings. The van der Waals surface area contributed by atoms with Crippen LogP contribution < -0.4 is 11.2 Å². The lowest BCUT2D eigenvalue weighted by atomic mass is 10.1. The topological polar surface area (TPSA) is 69.8 Å². The van der Waals surface area contributed by atoms with Crippen molar-refractivity contribution < 1.29 is 0 Å². The van der Waals surface area contributed by atoms with E-state index in [0.717, 1.165) is 10.1 Å². The number of nitrogens with zero attached hydrogens (tertiary/aromatic N) is 4. The first-order valence-corrected chi connectivity index (χ1v) is 8.67. The van der Waals surface area contributed by atoms with Crippen molar-refractivity contribution in [3.63, 3.8) is 0 Å². The second kappa shape index (κ2) is 6.99. The van der Waals surface area contributed by atoms with Crippen molar-refractivity contribution in [3.05, 3.63) is 105 Å². The molecular weight excluding hydrogens is 340 g/mol. The average molecular weight is 358 g/mol. The summed E-state index contributed by atoms with van der Waals surface area (Å²) in [5, 5.41) is 0. The highest BCUT2D eigenvalue weighted by molar-refractivity contribution is 5.54. The fourth-order valence-electron chi connectivity index (χ4n) is 3.03. The molecule has 0 saturated carbocycles. The van der Waals surface area contributed by atoms with Gasteiger partial charge in [-0.25, -0.2) is 4.79 Å². The highest BCUT2D eigenvalue weighted by Crippen LogP contribution is 2.15. The third-order valence-corrected chi connectivity index (χ3v) is 4.47. The monoisotopic (exact) mass is 358 g/mol. The number of hydrogen-bond acceptors (Lipinski definition) is 4. The van der Waals surface area contributed by atoms with E-state index in [0.29, 0.717) is 23.6 Å². The Balaban J connectivity index is 1.77. The van der Waals surface area contributed by atoms with Crippen molar-refractivity contribution >= 4 is 0 Å². The van der Waals surface area contributed by atoms with Crippen LogP contribution in [0.5, 0.6) is 0 Å². The standard InChI is InChI=1S/C21H18N4O2/c1-15-7-9-16(10-8-15)13-24-12-4-6-18-19(24)23-21(27)25(20(18)26)14-17-5-2-3-11-22-17/h2-12H,13-14H2,1H3. The van der Waals surface area contributed by atoms with Gasteiger partial charge in [0.05, 0.1) is 17.8 Å². The molecule has 4 rings (SSSR count). The number of hydrogen-bond donors (Lipinski definition) is 0. The van der Waals surface area contributed by atoms with Gasteiger partial charge in [-0.1, -0.05) is 35.9 Å². The zero-order valence-electron chi connectivity index (χ0n) is 14.9. The maximum Gasteiger partial charge on any atom is 0.352 e. The number of aromatic nitrogens is 4. The summed E-state index contributed by atoms with van der Waals surface area (Å²) in [5.41, 5.74) is 2.39. The Morgan fingerprint density at radius 2 is 1.74 bits per heavy atom. The van der Waals surface area contributed by atoms with Crippen molar-refractivity contribution in [2.24, 2.45) is 0 Å². The van der Waals surface area contributed by atoms with Gasteiger partial charge in [0.2, 0.25) is 0 Å². The molecule has 2 aromatic rings. The molecule has 0 amide bonds. The van der Waals surface area contributed by atoms with E-state index in [2.05, 4.69) is 9.97 Å². The Kier molecular flexibility index (Phi) is 4.38. The zero-order chi connectivity index (χ0) is 18.8. The smallest absolute Gasteiger partial charge is 0.328 e. The van der Waals surface area contributed by atoms with Gasteiger partial charge in [0, 0.05) is 18.9 Å². The lowest BCUT2D eigenvalue weighted by Gasteiger charge is -2.15. The molecule has 3 heterocycles. The summed E-state index contributed by atoms with van der Waals surface area (Å²) in [5.74, 6) is 0.394. The summed E-state index contributed by atoms with van der Waals surface area (Å²) in [7, 11) is 0. The largest absolute Gasteiger partial charge is 0.352 e. The van der Waals surface area contributed by atoms with Gasteiger partial charge >= 0.3 is 5.69 Å². The van der Waals surface area contributed by atoms with Crippen LogP contribution in [0.4, 0.5) is 0 Å². The number of benzene rings is 1. The van der Waals surface area contributed by atoms with Crippen LogP contribution >= 0.6 is 0 Å². The van der Waals surface area contributed by atoms with Crippen LogP contribution in [0.3, 0.4) is 0 Å². The molecule has 6 nitrogen and oxygen atoms in total. The lowest BCUT2D eigenvalue weighted by Crippen LogP contribution is -2.38. The first-order valence-electron chi connectivity index (χ1n) is 8.67. The minimum atomic E-state index is -0.568. The van der Waals surface area contributed by atoms with E-state index in [1.54, 1.807) is 30.5 Å². The molecule has 0 unspecified atom stereocenters. The van der Waals surface area contributed by atoms with E-state index < -0.39 is 5.69 Å². The molecule has 0 saturated heterocycles. The zero-order valence-corrected chi connectivity index (χ0v) is 14.9. The Morgan fingerprint density at radius 1 is 0.926 bits per heavy atom. The molecule has 1 aromatic heterocycles. The van der Waals surface area contributed by atoms with E-state index in [4.69, 9.17) is 0 Å². The van der Waals surface area contributed by atoms with Gasteiger partial charge in [-0.05, 0) is 36.8 Å². The van der Waals surface area contributed by atoms with Crippen LogP contribution in [-0.4, -0.2) is 19.1 Å². The van der Waals surface area contributed by atoms with Gasteiger partial charge in [-0.2, -0.15) is 4.98 Å². The van der Waals surface area contributed by atoms with E-state index in [1.165, 1.54) is 5.56 Å². The van der Waals surface area contributed by atoms with Crippen molar-refractivity contribution in [3.8, 4) is 11.4 Å². The van der Waals surface area contributed by atoms with Gasteiger partial charge in [-0.15, -0.1) is 0 Å². The van der Waals surface area contributed by atoms with Crippen LogP contribution in [0.15, 0.2) is 76.6 Å². The summed E-state index contributed by atoms with van der Waals surface area (Å²) in [6.45, 7) is 2.67. The molecule has 0 radical (unpaired) electrons. The van der Waals surface area contributed by atoms with Crippen LogP contribution in [0.25, 0.3) is 11.4 Å². The third-order valence-electron chi connectivity index (χ3n) is 4.47. The molecule has 2 aliphatic rings. The van der Waals surface area contributed by atoms with Gasteiger partial charge in [-0.3, -0.25) is 14.3 Å².